The molecule has 0 unspecified atom stereocenters. The van der Waals surface area contributed by atoms with Crippen LogP contribution in [0, 0.1) is 10.1 Å². The number of nitrogens with one attached hydrogen (secondary N) is 2. The third-order valence-corrected chi connectivity index (χ3v) is 3.56. The molecule has 0 saturated heterocycles. The highest BCUT2D eigenvalue weighted by Crippen LogP contribution is 2.11. The van der Waals surface area contributed by atoms with E-state index in [2.05, 4.69) is 15.0 Å². The van der Waals surface area contributed by atoms with Gasteiger partial charge in [0.25, 0.3) is 0 Å². The molecule has 8 nitrogen and oxygen atoms in total. The first-order chi connectivity index (χ1) is 8.47. The topological polar surface area (TPSA) is 114 Å². The molecule has 0 aliphatic rings. The summed E-state index contributed by atoms with van der Waals surface area (Å²) in [6, 6.07) is 2.22. The quantitative estimate of drug-likeness (QED) is 0.407. The molecular formula is C9H14N4O4S. The molecule has 0 atom stereocenters. The minimum atomic E-state index is -3.65. The van der Waals surface area contributed by atoms with E-state index in [1.165, 1.54) is 0 Å². The van der Waals surface area contributed by atoms with Gasteiger partial charge < -0.3 is 15.4 Å². The summed E-state index contributed by atoms with van der Waals surface area (Å²) in [5, 5.41) is 13.3. The Labute approximate surface area is 105 Å². The van der Waals surface area contributed by atoms with Gasteiger partial charge in [0.2, 0.25) is 10.0 Å². The van der Waals surface area contributed by atoms with Crippen molar-refractivity contribution in [3.05, 3.63) is 28.4 Å². The Morgan fingerprint density at radius 2 is 2.11 bits per heavy atom. The molecule has 100 valence electrons. The average molecular weight is 274 g/mol. The number of nitrogens with zero attached hydrogens (tertiary/aromatic N) is 2. The van der Waals surface area contributed by atoms with Gasteiger partial charge in [-0.05, 0) is 36.0 Å². The van der Waals surface area contributed by atoms with Crippen LogP contribution in [0.5, 0.6) is 0 Å². The minimum Gasteiger partial charge on any atom is -0.358 e. The SMILES string of the molecule is CNCCCNS(=O)(=O)c1ccc([N+](=O)[O-])nc1. The predicted molar refractivity (Wildman–Crippen MR) is 64.6 cm³/mol. The van der Waals surface area contributed by atoms with E-state index in [1.54, 1.807) is 7.05 Å². The molecular weight excluding hydrogens is 260 g/mol. The molecule has 0 amide bonds. The zero-order valence-electron chi connectivity index (χ0n) is 9.79. The summed E-state index contributed by atoms with van der Waals surface area (Å²) >= 11 is 0. The van der Waals surface area contributed by atoms with Crippen molar-refractivity contribution in [1.29, 1.82) is 0 Å². The van der Waals surface area contributed by atoms with Crippen LogP contribution in [0.15, 0.2) is 23.2 Å². The highest BCUT2D eigenvalue weighted by Gasteiger charge is 2.17. The minimum absolute atomic E-state index is 0.0856. The number of pyridine rings is 1. The van der Waals surface area contributed by atoms with Gasteiger partial charge in [-0.2, -0.15) is 0 Å². The Bertz CT molecular complexity index is 500. The summed E-state index contributed by atoms with van der Waals surface area (Å²) in [6.07, 6.45) is 1.62. The fourth-order valence-electron chi connectivity index (χ4n) is 1.19. The van der Waals surface area contributed by atoms with Gasteiger partial charge in [0.1, 0.15) is 4.90 Å². The molecule has 0 aromatic carbocycles. The standard InChI is InChI=1S/C9H14N4O4S/c1-10-5-2-6-12-18(16,17)8-3-4-9(11-7-8)13(14)15/h3-4,7,10,12H,2,5-6H2,1H3. The number of hydrogen-bond donors (Lipinski definition) is 2. The normalized spacial score (nSPS) is 11.4. The van der Waals surface area contributed by atoms with Crippen molar-refractivity contribution < 1.29 is 13.3 Å². The van der Waals surface area contributed by atoms with Crippen molar-refractivity contribution in [2.24, 2.45) is 0 Å². The monoisotopic (exact) mass is 274 g/mol. The molecule has 2 N–H and O–H groups in total. The van der Waals surface area contributed by atoms with Gasteiger partial charge in [-0.3, -0.25) is 0 Å². The van der Waals surface area contributed by atoms with Crippen LogP contribution >= 0.6 is 0 Å². The van der Waals surface area contributed by atoms with Crippen molar-refractivity contribution in [1.82, 2.24) is 15.0 Å². The van der Waals surface area contributed by atoms with Gasteiger partial charge in [-0.15, -0.1) is 0 Å². The Morgan fingerprint density at radius 1 is 1.39 bits per heavy atom. The number of hydrogen-bond acceptors (Lipinski definition) is 6. The van der Waals surface area contributed by atoms with Crippen LogP contribution in [0.3, 0.4) is 0 Å². The molecule has 0 bridgehead atoms. The molecule has 1 rings (SSSR count). The Balaban J connectivity index is 2.70. The number of sulfonamides is 1. The molecule has 0 aliphatic carbocycles. The second kappa shape index (κ2) is 6.38. The molecule has 0 aliphatic heterocycles. The maximum atomic E-state index is 11.7. The Kier molecular flexibility index (Phi) is 5.13. The summed E-state index contributed by atoms with van der Waals surface area (Å²) in [5.74, 6) is -0.385. The van der Waals surface area contributed by atoms with Gasteiger partial charge in [0, 0.05) is 12.6 Å². The van der Waals surface area contributed by atoms with Crippen LogP contribution in [0.4, 0.5) is 5.82 Å². The van der Waals surface area contributed by atoms with E-state index in [9.17, 15) is 18.5 Å². The number of aromatic nitrogens is 1. The lowest BCUT2D eigenvalue weighted by atomic mass is 10.4. The summed E-state index contributed by atoms with van der Waals surface area (Å²) < 4.78 is 25.9. The molecule has 1 aromatic rings. The first kappa shape index (κ1) is 14.5. The third kappa shape index (κ3) is 4.02. The molecule has 0 saturated carbocycles. The second-order valence-corrected chi connectivity index (χ2v) is 5.23. The van der Waals surface area contributed by atoms with Crippen LogP contribution < -0.4 is 10.0 Å². The van der Waals surface area contributed by atoms with Gasteiger partial charge >= 0.3 is 5.82 Å². The van der Waals surface area contributed by atoms with Gasteiger partial charge in [-0.1, -0.05) is 0 Å². The van der Waals surface area contributed by atoms with Crippen LogP contribution in [0.2, 0.25) is 0 Å². The lowest BCUT2D eigenvalue weighted by Gasteiger charge is -2.04. The molecule has 1 aromatic heterocycles. The number of rotatable bonds is 7. The van der Waals surface area contributed by atoms with Crippen LogP contribution in [-0.4, -0.2) is 38.5 Å². The van der Waals surface area contributed by atoms with Crippen molar-refractivity contribution in [3.8, 4) is 0 Å². The fraction of sp³-hybridized carbons (Fsp3) is 0.444. The predicted octanol–water partition coefficient (Wildman–Crippen LogP) is -0.122. The Hall–Kier alpha value is -1.58. The lowest BCUT2D eigenvalue weighted by Crippen LogP contribution is -2.26. The van der Waals surface area contributed by atoms with Crippen LogP contribution in [-0.2, 0) is 10.0 Å². The van der Waals surface area contributed by atoms with Gasteiger partial charge in [0.15, 0.2) is 6.20 Å². The van der Waals surface area contributed by atoms with Gasteiger partial charge in [-0.25, -0.2) is 13.1 Å². The van der Waals surface area contributed by atoms with E-state index >= 15 is 0 Å². The Morgan fingerprint density at radius 3 is 2.61 bits per heavy atom. The van der Waals surface area contributed by atoms with Crippen molar-refractivity contribution in [2.75, 3.05) is 20.1 Å². The van der Waals surface area contributed by atoms with E-state index in [0.29, 0.717) is 19.5 Å². The van der Waals surface area contributed by atoms with Crippen LogP contribution in [0.25, 0.3) is 0 Å². The summed E-state index contributed by atoms with van der Waals surface area (Å²) in [7, 11) is -1.87. The molecule has 18 heavy (non-hydrogen) atoms. The molecule has 0 radical (unpaired) electrons. The van der Waals surface area contributed by atoms with E-state index in [4.69, 9.17) is 0 Å². The lowest BCUT2D eigenvalue weighted by molar-refractivity contribution is -0.389. The van der Waals surface area contributed by atoms with Crippen molar-refractivity contribution >= 4 is 15.8 Å². The zero-order valence-corrected chi connectivity index (χ0v) is 10.6. The molecule has 9 heteroatoms. The van der Waals surface area contributed by atoms with Crippen molar-refractivity contribution in [3.63, 3.8) is 0 Å². The summed E-state index contributed by atoms with van der Waals surface area (Å²) in [5.41, 5.74) is 0. The zero-order chi connectivity index (χ0) is 13.6. The molecule has 1 heterocycles. The number of nitro groups is 1. The van der Waals surface area contributed by atoms with Crippen LogP contribution in [0.1, 0.15) is 6.42 Å². The third-order valence-electron chi connectivity index (χ3n) is 2.11. The fourth-order valence-corrected chi connectivity index (χ4v) is 2.21. The highest BCUT2D eigenvalue weighted by molar-refractivity contribution is 7.89. The summed E-state index contributed by atoms with van der Waals surface area (Å²) in [4.78, 5) is 13.1. The largest absolute Gasteiger partial charge is 0.363 e. The maximum absolute atomic E-state index is 11.7. The maximum Gasteiger partial charge on any atom is 0.363 e. The highest BCUT2D eigenvalue weighted by atomic mass is 32.2. The molecule has 0 spiro atoms. The first-order valence-electron chi connectivity index (χ1n) is 5.22. The van der Waals surface area contributed by atoms with Gasteiger partial charge in [0.05, 0.1) is 0 Å². The van der Waals surface area contributed by atoms with E-state index in [0.717, 1.165) is 18.3 Å². The first-order valence-corrected chi connectivity index (χ1v) is 6.70. The molecule has 0 fully saturated rings. The van der Waals surface area contributed by atoms with Crippen molar-refractivity contribution in [2.45, 2.75) is 11.3 Å². The van der Waals surface area contributed by atoms with E-state index in [-0.39, 0.29) is 10.7 Å². The summed E-state index contributed by atoms with van der Waals surface area (Å²) in [6.45, 7) is 0.987. The average Bonchev–Trinajstić information content (AvgIpc) is 2.35. The van der Waals surface area contributed by atoms with E-state index < -0.39 is 14.9 Å². The smallest absolute Gasteiger partial charge is 0.358 e. The second-order valence-electron chi connectivity index (χ2n) is 3.46. The van der Waals surface area contributed by atoms with E-state index in [1.807, 2.05) is 0 Å².